The highest BCUT2D eigenvalue weighted by atomic mass is 16.4. The van der Waals surface area contributed by atoms with Gasteiger partial charge in [0.25, 0.3) is 0 Å². The number of aliphatic hydroxyl groups excluding tert-OH is 1. The Morgan fingerprint density at radius 3 is 2.56 bits per heavy atom. The van der Waals surface area contributed by atoms with Crippen molar-refractivity contribution in [3.8, 4) is 0 Å². The van der Waals surface area contributed by atoms with Crippen molar-refractivity contribution in [3.05, 3.63) is 35.4 Å². The summed E-state index contributed by atoms with van der Waals surface area (Å²) in [5, 5.41) is 21.7. The van der Waals surface area contributed by atoms with Crippen LogP contribution < -0.4 is 5.32 Å². The average molecular weight is 346 g/mol. The van der Waals surface area contributed by atoms with Crippen molar-refractivity contribution >= 4 is 11.9 Å². The van der Waals surface area contributed by atoms with Gasteiger partial charge in [0.15, 0.2) is 0 Å². The van der Waals surface area contributed by atoms with E-state index >= 15 is 0 Å². The third kappa shape index (κ3) is 4.19. The van der Waals surface area contributed by atoms with Crippen LogP contribution in [0.4, 0.5) is 0 Å². The van der Waals surface area contributed by atoms with Crippen LogP contribution in [0.5, 0.6) is 0 Å². The zero-order chi connectivity index (χ0) is 18.0. The summed E-state index contributed by atoms with van der Waals surface area (Å²) in [7, 11) is 0. The summed E-state index contributed by atoms with van der Waals surface area (Å²) < 4.78 is 0. The summed E-state index contributed by atoms with van der Waals surface area (Å²) in [6.45, 7) is 4.13. The number of carbonyl (C=O) groups excluding carboxylic acids is 1. The molecule has 1 aromatic carbocycles. The second kappa shape index (κ2) is 7.54. The molecule has 1 aliphatic carbocycles. The molecule has 1 heterocycles. The Morgan fingerprint density at radius 1 is 1.20 bits per heavy atom. The quantitative estimate of drug-likeness (QED) is 0.751. The van der Waals surface area contributed by atoms with E-state index in [1.165, 1.54) is 0 Å². The molecule has 1 unspecified atom stereocenters. The van der Waals surface area contributed by atoms with E-state index in [4.69, 9.17) is 5.11 Å². The molecule has 3 rings (SSSR count). The number of rotatable bonds is 5. The van der Waals surface area contributed by atoms with Crippen LogP contribution in [0.25, 0.3) is 0 Å². The van der Waals surface area contributed by atoms with Gasteiger partial charge in [0.1, 0.15) is 0 Å². The number of amides is 1. The molecule has 2 fully saturated rings. The second-order valence-corrected chi connectivity index (χ2v) is 7.34. The first-order chi connectivity index (χ1) is 11.9. The second-order valence-electron chi connectivity index (χ2n) is 7.34. The van der Waals surface area contributed by atoms with Gasteiger partial charge in [-0.3, -0.25) is 9.69 Å². The Labute approximate surface area is 147 Å². The molecule has 0 aromatic heterocycles. The maximum absolute atomic E-state index is 12.5. The first kappa shape index (κ1) is 17.9. The van der Waals surface area contributed by atoms with E-state index in [-0.39, 0.29) is 23.6 Å². The number of hydrogen-bond donors (Lipinski definition) is 3. The molecule has 6 nitrogen and oxygen atoms in total. The SMILES string of the molecule is CC(C(=O)NCc1ccc(C(=O)O)cc1)N1C[C@H]2C[C@@H](O)CC[C@H]2C1. The van der Waals surface area contributed by atoms with Gasteiger partial charge in [-0.25, -0.2) is 4.79 Å². The summed E-state index contributed by atoms with van der Waals surface area (Å²) >= 11 is 0. The van der Waals surface area contributed by atoms with Crippen LogP contribution in [0, 0.1) is 11.8 Å². The van der Waals surface area contributed by atoms with Crippen LogP contribution in [0.3, 0.4) is 0 Å². The van der Waals surface area contributed by atoms with Gasteiger partial charge in [-0.05, 0) is 55.7 Å². The van der Waals surface area contributed by atoms with Crippen LogP contribution in [0.15, 0.2) is 24.3 Å². The van der Waals surface area contributed by atoms with Crippen molar-refractivity contribution in [2.45, 2.75) is 44.9 Å². The molecule has 0 radical (unpaired) electrons. The lowest BCUT2D eigenvalue weighted by Gasteiger charge is -2.27. The lowest BCUT2D eigenvalue weighted by Crippen LogP contribution is -2.44. The predicted molar refractivity (Wildman–Crippen MR) is 93.1 cm³/mol. The van der Waals surface area contributed by atoms with Gasteiger partial charge in [0.2, 0.25) is 5.91 Å². The van der Waals surface area contributed by atoms with Crippen LogP contribution in [0.2, 0.25) is 0 Å². The largest absolute Gasteiger partial charge is 0.478 e. The molecule has 1 aromatic rings. The van der Waals surface area contributed by atoms with E-state index in [0.29, 0.717) is 18.4 Å². The van der Waals surface area contributed by atoms with Gasteiger partial charge in [0.05, 0.1) is 17.7 Å². The molecule has 0 bridgehead atoms. The number of nitrogens with zero attached hydrogens (tertiary/aromatic N) is 1. The minimum Gasteiger partial charge on any atom is -0.478 e. The van der Waals surface area contributed by atoms with Crippen molar-refractivity contribution in [1.82, 2.24) is 10.2 Å². The van der Waals surface area contributed by atoms with Crippen LogP contribution in [-0.4, -0.2) is 52.2 Å². The third-order valence-corrected chi connectivity index (χ3v) is 5.65. The first-order valence-electron chi connectivity index (χ1n) is 8.96. The molecule has 3 N–H and O–H groups in total. The van der Waals surface area contributed by atoms with E-state index in [1.807, 2.05) is 6.92 Å². The van der Waals surface area contributed by atoms with E-state index in [1.54, 1.807) is 24.3 Å². The smallest absolute Gasteiger partial charge is 0.335 e. The lowest BCUT2D eigenvalue weighted by molar-refractivity contribution is -0.125. The molecule has 1 amide bonds. The summed E-state index contributed by atoms with van der Waals surface area (Å²) in [5.74, 6) is 0.135. The fraction of sp³-hybridized carbons (Fsp3) is 0.579. The number of carboxylic acid groups (broad SMARTS) is 1. The van der Waals surface area contributed by atoms with Gasteiger partial charge in [0, 0.05) is 19.6 Å². The molecular weight excluding hydrogens is 320 g/mol. The van der Waals surface area contributed by atoms with Crippen LogP contribution in [0.1, 0.15) is 42.1 Å². The average Bonchev–Trinajstić information content (AvgIpc) is 3.02. The molecule has 25 heavy (non-hydrogen) atoms. The number of nitrogens with one attached hydrogen (secondary N) is 1. The summed E-state index contributed by atoms with van der Waals surface area (Å²) in [6.07, 6.45) is 2.60. The molecule has 136 valence electrons. The maximum Gasteiger partial charge on any atom is 0.335 e. The minimum absolute atomic E-state index is 0.0125. The fourth-order valence-electron chi connectivity index (χ4n) is 4.03. The number of benzene rings is 1. The summed E-state index contributed by atoms with van der Waals surface area (Å²) in [4.78, 5) is 25.5. The Balaban J connectivity index is 1.50. The first-order valence-corrected chi connectivity index (χ1v) is 8.96. The van der Waals surface area contributed by atoms with Crippen molar-refractivity contribution in [2.24, 2.45) is 11.8 Å². The van der Waals surface area contributed by atoms with Gasteiger partial charge < -0.3 is 15.5 Å². The highest BCUT2D eigenvalue weighted by Gasteiger charge is 2.39. The van der Waals surface area contributed by atoms with Crippen molar-refractivity contribution in [3.63, 3.8) is 0 Å². The van der Waals surface area contributed by atoms with Crippen molar-refractivity contribution < 1.29 is 19.8 Å². The number of aromatic carboxylic acids is 1. The van der Waals surface area contributed by atoms with E-state index in [2.05, 4.69) is 10.2 Å². The summed E-state index contributed by atoms with van der Waals surface area (Å²) in [5.41, 5.74) is 1.12. The van der Waals surface area contributed by atoms with Crippen LogP contribution in [-0.2, 0) is 11.3 Å². The number of hydrogen-bond acceptors (Lipinski definition) is 4. The highest BCUT2D eigenvalue weighted by Crippen LogP contribution is 2.36. The number of fused-ring (bicyclic) bond motifs is 1. The Hall–Kier alpha value is -1.92. The Morgan fingerprint density at radius 2 is 1.88 bits per heavy atom. The predicted octanol–water partition coefficient (Wildman–Crippen LogP) is 1.48. The van der Waals surface area contributed by atoms with Crippen LogP contribution >= 0.6 is 0 Å². The highest BCUT2D eigenvalue weighted by molar-refractivity contribution is 5.87. The normalized spacial score (nSPS) is 27.5. The zero-order valence-corrected chi connectivity index (χ0v) is 14.5. The molecule has 0 spiro atoms. The van der Waals surface area contributed by atoms with Gasteiger partial charge in [-0.1, -0.05) is 12.1 Å². The van der Waals surface area contributed by atoms with Crippen molar-refractivity contribution in [1.29, 1.82) is 0 Å². The van der Waals surface area contributed by atoms with Gasteiger partial charge >= 0.3 is 5.97 Å². The molecule has 1 aliphatic heterocycles. The Bertz CT molecular complexity index is 631. The molecular formula is C19H26N2O4. The number of carboxylic acids is 1. The number of carbonyl (C=O) groups is 2. The van der Waals surface area contributed by atoms with E-state index in [9.17, 15) is 14.7 Å². The van der Waals surface area contributed by atoms with Gasteiger partial charge in [-0.15, -0.1) is 0 Å². The molecule has 4 atom stereocenters. The third-order valence-electron chi connectivity index (χ3n) is 5.65. The van der Waals surface area contributed by atoms with E-state index in [0.717, 1.165) is 37.9 Å². The van der Waals surface area contributed by atoms with Crippen molar-refractivity contribution in [2.75, 3.05) is 13.1 Å². The molecule has 2 aliphatic rings. The molecule has 6 heteroatoms. The van der Waals surface area contributed by atoms with Gasteiger partial charge in [-0.2, -0.15) is 0 Å². The minimum atomic E-state index is -0.954. The summed E-state index contributed by atoms with van der Waals surface area (Å²) in [6, 6.07) is 6.34. The maximum atomic E-state index is 12.5. The zero-order valence-electron chi connectivity index (χ0n) is 14.5. The molecule has 1 saturated carbocycles. The number of likely N-dealkylation sites (tertiary alicyclic amines) is 1. The standard InChI is InChI=1S/C19H26N2O4/c1-12(21-10-15-6-7-17(22)8-16(15)11-21)18(23)20-9-13-2-4-14(5-3-13)19(24)25/h2-5,12,15-17,22H,6-11H2,1H3,(H,20,23)(H,24,25)/t12?,15-,16+,17-/m0/s1. The van der Waals surface area contributed by atoms with E-state index < -0.39 is 5.97 Å². The topological polar surface area (TPSA) is 89.9 Å². The number of aliphatic hydroxyl groups is 1. The monoisotopic (exact) mass is 346 g/mol. The lowest BCUT2D eigenvalue weighted by atomic mass is 9.80. The fourth-order valence-corrected chi connectivity index (χ4v) is 4.03. The molecule has 1 saturated heterocycles. The Kier molecular flexibility index (Phi) is 5.39.